The zero-order chi connectivity index (χ0) is 8.69. The molecule has 3 nitrogen and oxygen atoms in total. The molecule has 0 amide bonds. The summed E-state index contributed by atoms with van der Waals surface area (Å²) < 4.78 is 16.6. The van der Waals surface area contributed by atoms with Gasteiger partial charge in [-0.1, -0.05) is 0 Å². The van der Waals surface area contributed by atoms with Crippen molar-refractivity contribution in [1.29, 1.82) is 1.43 Å². The maximum Gasteiger partial charge on any atom is 0.211 e. The van der Waals surface area contributed by atoms with Gasteiger partial charge in [0.2, 0.25) is 1.43 Å². The van der Waals surface area contributed by atoms with Crippen molar-refractivity contribution in [2.75, 3.05) is 20.3 Å². The van der Waals surface area contributed by atoms with Crippen LogP contribution in [-0.2, 0) is 9.47 Å². The molecule has 0 aromatic carbocycles. The van der Waals surface area contributed by atoms with E-state index in [1.807, 2.05) is 6.92 Å². The van der Waals surface area contributed by atoms with Crippen molar-refractivity contribution in [2.24, 2.45) is 0 Å². The van der Waals surface area contributed by atoms with Crippen molar-refractivity contribution in [1.82, 2.24) is 0 Å². The standard InChI is InChI=1S/C7H16O3/c1-6(8)4-10-5-7(2)9-3/h6-8H,4-5H2,1-3H3/i8T. The molecule has 0 aromatic rings. The maximum absolute atomic E-state index is 6.53. The predicted octanol–water partition coefficient (Wildman–Crippen LogP) is 0.419. The van der Waals surface area contributed by atoms with Gasteiger partial charge in [0.15, 0.2) is 0 Å². The zero-order valence-electron chi connectivity index (χ0n) is 7.79. The van der Waals surface area contributed by atoms with Crippen molar-refractivity contribution in [3.8, 4) is 0 Å². The molecule has 62 valence electrons. The molecule has 0 aromatic heterocycles. The van der Waals surface area contributed by atoms with Crippen molar-refractivity contribution in [3.05, 3.63) is 0 Å². The Bertz CT molecular complexity index is 79.8. The summed E-state index contributed by atoms with van der Waals surface area (Å²) in [5, 5.41) is 4.25. The van der Waals surface area contributed by atoms with E-state index in [1.54, 1.807) is 14.0 Å². The van der Waals surface area contributed by atoms with E-state index in [-0.39, 0.29) is 12.2 Å². The average molecular weight is 150 g/mol. The number of aliphatic hydroxyl groups is 1. The summed E-state index contributed by atoms with van der Waals surface area (Å²) in [6.45, 7) is 4.69. The fraction of sp³-hybridized carbons (Fsp3) is 1.00. The highest BCUT2D eigenvalue weighted by atomic mass is 16.5. The normalized spacial score (nSPS) is 18.1. The van der Waals surface area contributed by atoms with E-state index in [0.717, 1.165) is 0 Å². The molecule has 0 fully saturated rings. The highest BCUT2D eigenvalue weighted by molar-refractivity contribution is 4.47. The van der Waals surface area contributed by atoms with Crippen LogP contribution < -0.4 is 0 Å². The minimum Gasteiger partial charge on any atom is -0.391 e. The van der Waals surface area contributed by atoms with Gasteiger partial charge in [-0.2, -0.15) is 0 Å². The second-order valence-corrected chi connectivity index (χ2v) is 2.39. The van der Waals surface area contributed by atoms with Crippen molar-refractivity contribution in [3.63, 3.8) is 0 Å². The van der Waals surface area contributed by atoms with Gasteiger partial charge < -0.3 is 14.6 Å². The zero-order valence-corrected chi connectivity index (χ0v) is 6.79. The molecule has 0 rings (SSSR count). The van der Waals surface area contributed by atoms with Crippen LogP contribution in [0, 0.1) is 0 Å². The first kappa shape index (κ1) is 7.98. The summed E-state index contributed by atoms with van der Waals surface area (Å²) in [7, 11) is 1.64. The van der Waals surface area contributed by atoms with Gasteiger partial charge in [-0.3, -0.25) is 0 Å². The van der Waals surface area contributed by atoms with E-state index in [0.29, 0.717) is 13.2 Å². The summed E-state index contributed by atoms with van der Waals surface area (Å²) >= 11 is 0. The molecule has 0 saturated heterocycles. The van der Waals surface area contributed by atoms with E-state index in [1.165, 1.54) is 0 Å². The Morgan fingerprint density at radius 1 is 1.50 bits per heavy atom. The Labute approximate surface area is 63.4 Å². The first-order valence-corrected chi connectivity index (χ1v) is 3.43. The lowest BCUT2D eigenvalue weighted by atomic mass is 10.4. The third kappa shape index (κ3) is 6.01. The molecule has 0 spiro atoms. The van der Waals surface area contributed by atoms with E-state index in [9.17, 15) is 0 Å². The Hall–Kier alpha value is -0.120. The van der Waals surface area contributed by atoms with Crippen molar-refractivity contribution in [2.45, 2.75) is 26.1 Å². The maximum atomic E-state index is 6.53. The number of hydrogen-bond acceptors (Lipinski definition) is 3. The van der Waals surface area contributed by atoms with E-state index in [2.05, 4.69) is 5.11 Å². The minimum absolute atomic E-state index is 0.105. The van der Waals surface area contributed by atoms with Gasteiger partial charge >= 0.3 is 0 Å². The monoisotopic (exact) mass is 150 g/mol. The molecule has 0 saturated carbocycles. The van der Waals surface area contributed by atoms with Crippen LogP contribution in [-0.4, -0.2) is 39.1 Å². The summed E-state index contributed by atoms with van der Waals surface area (Å²) in [5.41, 5.74) is 0. The Kier molecular flexibility index (Phi) is 4.51. The fourth-order valence-corrected chi connectivity index (χ4v) is 0.468. The van der Waals surface area contributed by atoms with Crippen LogP contribution in [0.3, 0.4) is 0 Å². The van der Waals surface area contributed by atoms with Crippen LogP contribution in [0.2, 0.25) is 0 Å². The molecule has 0 heterocycles. The summed E-state index contributed by atoms with van der Waals surface area (Å²) in [6.07, 6.45) is -0.0630. The molecule has 3 heteroatoms. The third-order valence-electron chi connectivity index (χ3n) is 1.11. The second kappa shape index (κ2) is 5.65. The Balaban J connectivity index is 3.13. The van der Waals surface area contributed by atoms with Crippen molar-refractivity contribution < 1.29 is 14.6 Å². The molecule has 0 bridgehead atoms. The number of ether oxygens (including phenoxy) is 2. The van der Waals surface area contributed by atoms with Crippen LogP contribution in [0.1, 0.15) is 13.8 Å². The molecule has 2 unspecified atom stereocenters. The van der Waals surface area contributed by atoms with Gasteiger partial charge in [0.1, 0.15) is 0 Å². The van der Waals surface area contributed by atoms with E-state index >= 15 is 0 Å². The molecule has 0 radical (unpaired) electrons. The predicted molar refractivity (Wildman–Crippen MR) is 39.0 cm³/mol. The van der Waals surface area contributed by atoms with Gasteiger partial charge in [0.05, 0.1) is 25.4 Å². The molecule has 0 aliphatic carbocycles. The Morgan fingerprint density at radius 3 is 2.70 bits per heavy atom. The second-order valence-electron chi connectivity index (χ2n) is 2.39. The molecule has 1 N–H and O–H groups in total. The molecular formula is C7H16O3. The van der Waals surface area contributed by atoms with Gasteiger partial charge in [-0.05, 0) is 13.8 Å². The van der Waals surface area contributed by atoms with Crippen LogP contribution in [0.4, 0.5) is 0 Å². The van der Waals surface area contributed by atoms with Gasteiger partial charge in [-0.15, -0.1) is 0 Å². The molecule has 10 heavy (non-hydrogen) atoms. The summed E-state index contributed by atoms with van der Waals surface area (Å²) in [5.74, 6) is 0. The van der Waals surface area contributed by atoms with Crippen LogP contribution in [0.25, 0.3) is 0 Å². The summed E-state index contributed by atoms with van der Waals surface area (Å²) in [4.78, 5) is 0. The molecule has 0 aliphatic heterocycles. The molecule has 0 aliphatic rings. The first-order chi connectivity index (χ1) is 5.20. The molecular weight excluding hydrogens is 132 g/mol. The lowest BCUT2D eigenvalue weighted by molar-refractivity contribution is -0.0118. The lowest BCUT2D eigenvalue weighted by Crippen LogP contribution is -2.18. The molecule has 2 atom stereocenters. The van der Waals surface area contributed by atoms with Gasteiger partial charge in [-0.25, -0.2) is 0 Å². The number of rotatable bonds is 6. The van der Waals surface area contributed by atoms with Crippen molar-refractivity contribution >= 4 is 0 Å². The van der Waals surface area contributed by atoms with Gasteiger partial charge in [0.25, 0.3) is 0 Å². The van der Waals surface area contributed by atoms with Crippen LogP contribution >= 0.6 is 0 Å². The summed E-state index contributed by atoms with van der Waals surface area (Å²) in [6, 6.07) is 0. The number of hydrogen-bond donors (Lipinski definition) is 1. The Morgan fingerprint density at radius 2 is 2.20 bits per heavy atom. The smallest absolute Gasteiger partial charge is 0.211 e. The third-order valence-corrected chi connectivity index (χ3v) is 1.11. The highest BCUT2D eigenvalue weighted by Gasteiger charge is 2.00. The van der Waals surface area contributed by atoms with Gasteiger partial charge in [0, 0.05) is 7.11 Å². The topological polar surface area (TPSA) is 38.7 Å². The highest BCUT2D eigenvalue weighted by Crippen LogP contribution is 1.90. The number of aliphatic hydroxyl groups excluding tert-OH is 1. The van der Waals surface area contributed by atoms with Crippen LogP contribution in [0.15, 0.2) is 0 Å². The first-order valence-electron chi connectivity index (χ1n) is 3.84. The lowest BCUT2D eigenvalue weighted by Gasteiger charge is -2.10. The van der Waals surface area contributed by atoms with E-state index < -0.39 is 0 Å². The van der Waals surface area contributed by atoms with Crippen LogP contribution in [0.5, 0.6) is 0 Å². The number of methoxy groups -OCH3 is 1. The SMILES string of the molecule is [3H]OC(C)COCC(C)OC. The average Bonchev–Trinajstić information content (AvgIpc) is 2.04. The quantitative estimate of drug-likeness (QED) is 0.596. The minimum atomic E-state index is -0.168. The van der Waals surface area contributed by atoms with E-state index in [4.69, 9.17) is 10.9 Å². The largest absolute Gasteiger partial charge is 0.391 e. The fourth-order valence-electron chi connectivity index (χ4n) is 0.468.